The molecule has 3 N–H and O–H groups in total. The van der Waals surface area contributed by atoms with E-state index in [0.29, 0.717) is 5.82 Å². The van der Waals surface area contributed by atoms with Crippen LogP contribution in [0.1, 0.15) is 5.01 Å². The fourth-order valence-corrected chi connectivity index (χ4v) is 2.70. The van der Waals surface area contributed by atoms with Crippen LogP contribution < -0.4 is 11.1 Å². The number of rotatable bonds is 3. The van der Waals surface area contributed by atoms with Gasteiger partial charge in [-0.1, -0.05) is 0 Å². The Morgan fingerprint density at radius 2 is 2.35 bits per heavy atom. The van der Waals surface area contributed by atoms with Crippen molar-refractivity contribution in [1.82, 2.24) is 20.0 Å². The minimum Gasteiger partial charge on any atom is -0.381 e. The number of aromatic nitrogens is 4. The molecule has 3 rings (SSSR count). The Hall–Kier alpha value is -2.48. The predicted molar refractivity (Wildman–Crippen MR) is 77.4 cm³/mol. The second kappa shape index (κ2) is 4.89. The average molecular weight is 288 g/mol. The Labute approximate surface area is 118 Å². The zero-order valence-corrected chi connectivity index (χ0v) is 11.5. The van der Waals surface area contributed by atoms with E-state index in [0.717, 1.165) is 20.9 Å². The number of carbonyl (C=O) groups excluding carboxylic acids is 1. The van der Waals surface area contributed by atoms with Crippen LogP contribution in [0.2, 0.25) is 0 Å². The Balaban J connectivity index is 1.73. The van der Waals surface area contributed by atoms with Gasteiger partial charge in [0, 0.05) is 5.69 Å². The molecule has 0 saturated heterocycles. The molecule has 1 aromatic carbocycles. The molecule has 0 aliphatic rings. The molecule has 3 aromatic rings. The molecule has 0 aliphatic carbocycles. The number of hydrogen-bond acceptors (Lipinski definition) is 6. The highest BCUT2D eigenvalue weighted by Gasteiger charge is 2.07. The van der Waals surface area contributed by atoms with Crippen molar-refractivity contribution in [2.45, 2.75) is 13.5 Å². The number of benzene rings is 1. The van der Waals surface area contributed by atoms with Crippen LogP contribution in [-0.2, 0) is 11.3 Å². The van der Waals surface area contributed by atoms with Crippen LogP contribution in [0, 0.1) is 6.92 Å². The van der Waals surface area contributed by atoms with Gasteiger partial charge in [0.05, 0.1) is 21.4 Å². The van der Waals surface area contributed by atoms with Crippen molar-refractivity contribution in [2.24, 2.45) is 0 Å². The lowest BCUT2D eigenvalue weighted by Gasteiger charge is -2.04. The summed E-state index contributed by atoms with van der Waals surface area (Å²) < 4.78 is 1.04. The summed E-state index contributed by atoms with van der Waals surface area (Å²) >= 11 is 1.59. The molecule has 0 spiro atoms. The lowest BCUT2D eigenvalue weighted by Crippen LogP contribution is -2.20. The second-order valence-corrected chi connectivity index (χ2v) is 5.50. The lowest BCUT2D eigenvalue weighted by molar-refractivity contribution is -0.117. The third-order valence-corrected chi connectivity index (χ3v) is 3.55. The molecule has 20 heavy (non-hydrogen) atoms. The van der Waals surface area contributed by atoms with Gasteiger partial charge in [0.25, 0.3) is 0 Å². The quantitative estimate of drug-likeness (QED) is 0.759. The van der Waals surface area contributed by atoms with E-state index in [4.69, 9.17) is 5.73 Å². The number of thiazole rings is 1. The maximum atomic E-state index is 11.9. The van der Waals surface area contributed by atoms with Crippen molar-refractivity contribution in [2.75, 3.05) is 11.1 Å². The van der Waals surface area contributed by atoms with Crippen LogP contribution >= 0.6 is 11.3 Å². The van der Waals surface area contributed by atoms with E-state index in [9.17, 15) is 4.79 Å². The molecule has 0 saturated carbocycles. The van der Waals surface area contributed by atoms with Gasteiger partial charge in [0.1, 0.15) is 6.54 Å². The van der Waals surface area contributed by atoms with Gasteiger partial charge in [-0.3, -0.25) is 4.79 Å². The number of aryl methyl sites for hydroxylation is 1. The average Bonchev–Trinajstić information content (AvgIpc) is 2.93. The van der Waals surface area contributed by atoms with E-state index in [2.05, 4.69) is 20.5 Å². The van der Waals surface area contributed by atoms with Gasteiger partial charge in [-0.2, -0.15) is 9.90 Å². The molecule has 1 amide bonds. The summed E-state index contributed by atoms with van der Waals surface area (Å²) in [6.45, 7) is 1.98. The lowest BCUT2D eigenvalue weighted by atomic mass is 10.3. The maximum Gasteiger partial charge on any atom is 0.247 e. The van der Waals surface area contributed by atoms with Crippen molar-refractivity contribution in [3.63, 3.8) is 0 Å². The van der Waals surface area contributed by atoms with Gasteiger partial charge >= 0.3 is 0 Å². The van der Waals surface area contributed by atoms with Crippen molar-refractivity contribution in [3.05, 3.63) is 29.4 Å². The molecule has 0 radical (unpaired) electrons. The van der Waals surface area contributed by atoms with Crippen LogP contribution in [0.3, 0.4) is 0 Å². The molecule has 7 nitrogen and oxygen atoms in total. The van der Waals surface area contributed by atoms with Crippen molar-refractivity contribution < 1.29 is 4.79 Å². The molecule has 0 atom stereocenters. The fourth-order valence-electron chi connectivity index (χ4n) is 1.83. The summed E-state index contributed by atoms with van der Waals surface area (Å²) in [6.07, 6.45) is 1.40. The number of fused-ring (bicyclic) bond motifs is 1. The first-order chi connectivity index (χ1) is 9.60. The van der Waals surface area contributed by atoms with E-state index < -0.39 is 0 Å². The Morgan fingerprint density at radius 1 is 1.50 bits per heavy atom. The third-order valence-electron chi connectivity index (χ3n) is 2.62. The van der Waals surface area contributed by atoms with E-state index in [1.54, 1.807) is 11.3 Å². The monoisotopic (exact) mass is 288 g/mol. The molecule has 0 fully saturated rings. The minimum absolute atomic E-state index is 0.0248. The first-order valence-corrected chi connectivity index (χ1v) is 6.74. The highest BCUT2D eigenvalue weighted by atomic mass is 32.1. The van der Waals surface area contributed by atoms with Crippen LogP contribution in [0.15, 0.2) is 24.4 Å². The van der Waals surface area contributed by atoms with E-state index >= 15 is 0 Å². The number of nitrogens with one attached hydrogen (secondary N) is 1. The Morgan fingerprint density at radius 3 is 3.10 bits per heavy atom. The highest BCUT2D eigenvalue weighted by Crippen LogP contribution is 2.24. The van der Waals surface area contributed by atoms with E-state index in [1.165, 1.54) is 11.0 Å². The number of nitrogens with two attached hydrogens (primary N) is 1. The van der Waals surface area contributed by atoms with E-state index in [1.807, 2.05) is 25.1 Å². The summed E-state index contributed by atoms with van der Waals surface area (Å²) in [5.41, 5.74) is 7.10. The molecule has 0 bridgehead atoms. The van der Waals surface area contributed by atoms with Crippen LogP contribution in [0.5, 0.6) is 0 Å². The summed E-state index contributed by atoms with van der Waals surface area (Å²) in [6, 6.07) is 5.62. The van der Waals surface area contributed by atoms with Crippen LogP contribution in [0.25, 0.3) is 10.2 Å². The highest BCUT2D eigenvalue weighted by molar-refractivity contribution is 7.18. The first kappa shape index (κ1) is 12.5. The molecule has 8 heteroatoms. The largest absolute Gasteiger partial charge is 0.381 e. The smallest absolute Gasteiger partial charge is 0.247 e. The van der Waals surface area contributed by atoms with Crippen molar-refractivity contribution in [1.29, 1.82) is 0 Å². The maximum absolute atomic E-state index is 11.9. The van der Waals surface area contributed by atoms with Gasteiger partial charge in [-0.05, 0) is 25.1 Å². The zero-order valence-electron chi connectivity index (χ0n) is 10.7. The molecular formula is C12H12N6OS. The Bertz CT molecular complexity index is 777. The summed E-state index contributed by atoms with van der Waals surface area (Å²) in [4.78, 5) is 17.5. The number of anilines is 2. The minimum atomic E-state index is -0.207. The number of nitrogen functional groups attached to an aromatic ring is 1. The number of nitrogens with zero attached hydrogens (tertiary/aromatic N) is 4. The summed E-state index contributed by atoms with van der Waals surface area (Å²) in [7, 11) is 0. The molecule has 0 aliphatic heterocycles. The van der Waals surface area contributed by atoms with Crippen LogP contribution in [0.4, 0.5) is 11.5 Å². The number of amides is 1. The standard InChI is InChI=1S/C12H12N6OS/c1-7-15-9-3-2-8(4-10(9)20-7)16-12(19)6-18-14-5-11(13)17-18/h2-5H,6H2,1H3,(H2,13,17)(H,16,19). The molecule has 0 unspecified atom stereocenters. The predicted octanol–water partition coefficient (Wildman–Crippen LogP) is 1.42. The number of hydrogen-bond donors (Lipinski definition) is 2. The molecule has 2 aromatic heterocycles. The summed E-state index contributed by atoms with van der Waals surface area (Å²) in [5, 5.41) is 11.5. The first-order valence-electron chi connectivity index (χ1n) is 5.93. The molecular weight excluding hydrogens is 276 g/mol. The third kappa shape index (κ3) is 2.59. The van der Waals surface area contributed by atoms with Gasteiger partial charge in [-0.25, -0.2) is 4.98 Å². The topological polar surface area (TPSA) is 98.7 Å². The van der Waals surface area contributed by atoms with Gasteiger partial charge in [0.15, 0.2) is 5.82 Å². The van der Waals surface area contributed by atoms with Crippen LogP contribution in [-0.4, -0.2) is 25.9 Å². The van der Waals surface area contributed by atoms with Gasteiger partial charge in [0.2, 0.25) is 5.91 Å². The second-order valence-electron chi connectivity index (χ2n) is 4.26. The van der Waals surface area contributed by atoms with Gasteiger partial charge in [-0.15, -0.1) is 16.4 Å². The normalized spacial score (nSPS) is 10.8. The zero-order chi connectivity index (χ0) is 14.1. The molecule has 102 valence electrons. The van der Waals surface area contributed by atoms with E-state index in [-0.39, 0.29) is 12.5 Å². The number of carbonyl (C=O) groups is 1. The Kier molecular flexibility index (Phi) is 3.07. The fraction of sp³-hybridized carbons (Fsp3) is 0.167. The van der Waals surface area contributed by atoms with Crippen molar-refractivity contribution >= 4 is 39.0 Å². The summed E-state index contributed by atoms with van der Waals surface area (Å²) in [5.74, 6) is 0.0838. The van der Waals surface area contributed by atoms with Crippen molar-refractivity contribution in [3.8, 4) is 0 Å². The molecule has 2 heterocycles. The SMILES string of the molecule is Cc1nc2ccc(NC(=O)Cn3ncc(N)n3)cc2s1. The van der Waals surface area contributed by atoms with Gasteiger partial charge < -0.3 is 11.1 Å².